The summed E-state index contributed by atoms with van der Waals surface area (Å²) in [6, 6.07) is 7.65. The van der Waals surface area contributed by atoms with Gasteiger partial charge in [0.05, 0.1) is 10.1 Å². The first-order chi connectivity index (χ1) is 13.4. The van der Waals surface area contributed by atoms with Gasteiger partial charge in [-0.3, -0.25) is 4.79 Å². The molecule has 1 aromatic carbocycles. The number of anilines is 2. The zero-order valence-electron chi connectivity index (χ0n) is 15.7. The molecule has 1 heterocycles. The number of hydrogen-bond donors (Lipinski definition) is 2. The standard InChI is InChI=1S/C19H24N4O3S2/c1-14(27-16-6-3-2-4-7-16)18(24)22-15-8-10-17(11-9-15)28(25,26)23-19-20-12-5-13-21-19/h5,8-14,16H,2-4,6-7H2,1H3,(H,22,24)(H,20,21,23). The van der Waals surface area contributed by atoms with Crippen molar-refractivity contribution in [3.8, 4) is 0 Å². The highest BCUT2D eigenvalue weighted by atomic mass is 32.2. The van der Waals surface area contributed by atoms with E-state index in [1.54, 1.807) is 30.0 Å². The number of thioether (sulfide) groups is 1. The van der Waals surface area contributed by atoms with Gasteiger partial charge < -0.3 is 5.32 Å². The molecule has 1 atom stereocenters. The summed E-state index contributed by atoms with van der Waals surface area (Å²) in [6.07, 6.45) is 9.03. The predicted molar refractivity (Wildman–Crippen MR) is 112 cm³/mol. The van der Waals surface area contributed by atoms with Crippen LogP contribution in [0.15, 0.2) is 47.6 Å². The van der Waals surface area contributed by atoms with Crippen molar-refractivity contribution in [3.63, 3.8) is 0 Å². The Bertz CT molecular complexity index is 883. The van der Waals surface area contributed by atoms with Crippen LogP contribution < -0.4 is 10.0 Å². The number of aromatic nitrogens is 2. The van der Waals surface area contributed by atoms with Crippen LogP contribution in [0, 0.1) is 0 Å². The van der Waals surface area contributed by atoms with E-state index in [9.17, 15) is 13.2 Å². The Morgan fingerprint density at radius 3 is 2.39 bits per heavy atom. The molecule has 150 valence electrons. The van der Waals surface area contributed by atoms with Crippen molar-refractivity contribution >= 4 is 39.3 Å². The summed E-state index contributed by atoms with van der Waals surface area (Å²) in [5.41, 5.74) is 0.566. The molecule has 2 N–H and O–H groups in total. The average molecular weight is 421 g/mol. The second-order valence-corrected chi connectivity index (χ2v) is 10.1. The molecule has 1 aromatic heterocycles. The van der Waals surface area contributed by atoms with Gasteiger partial charge in [0.2, 0.25) is 11.9 Å². The lowest BCUT2D eigenvalue weighted by Gasteiger charge is -2.23. The molecule has 28 heavy (non-hydrogen) atoms. The molecule has 0 saturated heterocycles. The van der Waals surface area contributed by atoms with E-state index >= 15 is 0 Å². The first-order valence-electron chi connectivity index (χ1n) is 9.30. The quantitative estimate of drug-likeness (QED) is 0.709. The van der Waals surface area contributed by atoms with Gasteiger partial charge in [0.25, 0.3) is 10.0 Å². The van der Waals surface area contributed by atoms with Crippen LogP contribution in [0.2, 0.25) is 0 Å². The molecule has 0 aliphatic heterocycles. The number of amides is 1. The van der Waals surface area contributed by atoms with Crippen LogP contribution >= 0.6 is 11.8 Å². The molecule has 1 amide bonds. The van der Waals surface area contributed by atoms with E-state index in [1.807, 2.05) is 6.92 Å². The van der Waals surface area contributed by atoms with Crippen molar-refractivity contribution in [3.05, 3.63) is 42.7 Å². The van der Waals surface area contributed by atoms with Crippen LogP contribution in [0.4, 0.5) is 11.6 Å². The van der Waals surface area contributed by atoms with Gasteiger partial charge in [0.1, 0.15) is 0 Å². The molecule has 9 heteroatoms. The summed E-state index contributed by atoms with van der Waals surface area (Å²) in [4.78, 5) is 20.2. The van der Waals surface area contributed by atoms with Gasteiger partial charge in [-0.1, -0.05) is 19.3 Å². The third-order valence-electron chi connectivity index (χ3n) is 4.54. The topological polar surface area (TPSA) is 101 Å². The first kappa shape index (κ1) is 20.6. The second kappa shape index (κ2) is 9.38. The molecule has 3 rings (SSSR count). The van der Waals surface area contributed by atoms with Gasteiger partial charge in [-0.25, -0.2) is 23.1 Å². The molecule has 1 saturated carbocycles. The number of nitrogens with zero attached hydrogens (tertiary/aromatic N) is 2. The van der Waals surface area contributed by atoms with Crippen molar-refractivity contribution in [2.75, 3.05) is 10.0 Å². The molecule has 7 nitrogen and oxygen atoms in total. The molecule has 1 aliphatic rings. The van der Waals surface area contributed by atoms with Crippen molar-refractivity contribution in [1.82, 2.24) is 9.97 Å². The normalized spacial score (nSPS) is 16.3. The molecule has 1 unspecified atom stereocenters. The fourth-order valence-corrected chi connectivity index (χ4v) is 5.37. The highest BCUT2D eigenvalue weighted by Crippen LogP contribution is 2.31. The molecule has 0 radical (unpaired) electrons. The summed E-state index contributed by atoms with van der Waals surface area (Å²) in [5, 5.41) is 3.26. The lowest BCUT2D eigenvalue weighted by molar-refractivity contribution is -0.115. The van der Waals surface area contributed by atoms with E-state index in [2.05, 4.69) is 20.0 Å². The lowest BCUT2D eigenvalue weighted by atomic mass is 10.0. The number of rotatable bonds is 7. The van der Waals surface area contributed by atoms with E-state index < -0.39 is 10.0 Å². The van der Waals surface area contributed by atoms with Crippen LogP contribution in [-0.2, 0) is 14.8 Å². The van der Waals surface area contributed by atoms with Crippen LogP contribution in [0.1, 0.15) is 39.0 Å². The smallest absolute Gasteiger partial charge is 0.264 e. The van der Waals surface area contributed by atoms with Crippen LogP contribution in [-0.4, -0.2) is 34.8 Å². The Balaban J connectivity index is 1.58. The minimum atomic E-state index is -3.79. The Morgan fingerprint density at radius 1 is 1.11 bits per heavy atom. The molecular weight excluding hydrogens is 396 g/mol. The third-order valence-corrected chi connectivity index (χ3v) is 7.36. The molecule has 0 spiro atoms. The van der Waals surface area contributed by atoms with Gasteiger partial charge in [-0.15, -0.1) is 11.8 Å². The minimum Gasteiger partial charge on any atom is -0.325 e. The molecular formula is C19H24N4O3S2. The fraction of sp³-hybridized carbons (Fsp3) is 0.421. The number of carbonyl (C=O) groups is 1. The lowest BCUT2D eigenvalue weighted by Crippen LogP contribution is -2.25. The molecule has 1 aliphatic carbocycles. The zero-order valence-corrected chi connectivity index (χ0v) is 17.3. The summed E-state index contributed by atoms with van der Waals surface area (Å²) in [7, 11) is -3.79. The van der Waals surface area contributed by atoms with E-state index in [0.717, 1.165) is 0 Å². The van der Waals surface area contributed by atoms with Crippen molar-refractivity contribution < 1.29 is 13.2 Å². The number of sulfonamides is 1. The summed E-state index contributed by atoms with van der Waals surface area (Å²) >= 11 is 1.72. The number of benzene rings is 1. The summed E-state index contributed by atoms with van der Waals surface area (Å²) in [5.74, 6) is -0.0598. The van der Waals surface area contributed by atoms with Crippen molar-refractivity contribution in [1.29, 1.82) is 0 Å². The zero-order chi connectivity index (χ0) is 20.0. The van der Waals surface area contributed by atoms with Crippen molar-refractivity contribution in [2.45, 2.75) is 54.4 Å². The van der Waals surface area contributed by atoms with Crippen molar-refractivity contribution in [2.24, 2.45) is 0 Å². The number of hydrogen-bond acceptors (Lipinski definition) is 6. The highest BCUT2D eigenvalue weighted by molar-refractivity contribution is 8.01. The monoisotopic (exact) mass is 420 g/mol. The molecule has 2 aromatic rings. The Morgan fingerprint density at radius 2 is 1.75 bits per heavy atom. The fourth-order valence-electron chi connectivity index (χ4n) is 3.04. The number of nitrogens with one attached hydrogen (secondary N) is 2. The van der Waals surface area contributed by atoms with Gasteiger partial charge in [0.15, 0.2) is 0 Å². The SMILES string of the molecule is CC(SC1CCCCC1)C(=O)Nc1ccc(S(=O)(=O)Nc2ncccn2)cc1. The summed E-state index contributed by atoms with van der Waals surface area (Å²) in [6.45, 7) is 1.91. The van der Waals surface area contributed by atoms with E-state index in [-0.39, 0.29) is 22.0 Å². The van der Waals surface area contributed by atoms with Gasteiger partial charge in [0, 0.05) is 23.3 Å². The van der Waals surface area contributed by atoms with Crippen LogP contribution in [0.3, 0.4) is 0 Å². The van der Waals surface area contributed by atoms with Crippen LogP contribution in [0.25, 0.3) is 0 Å². The average Bonchev–Trinajstić information content (AvgIpc) is 2.69. The molecule has 0 bridgehead atoms. The second-order valence-electron chi connectivity index (χ2n) is 6.73. The van der Waals surface area contributed by atoms with Gasteiger partial charge in [-0.2, -0.15) is 0 Å². The number of carbonyl (C=O) groups excluding carboxylic acids is 1. The van der Waals surface area contributed by atoms with Gasteiger partial charge >= 0.3 is 0 Å². The van der Waals surface area contributed by atoms with E-state index in [4.69, 9.17) is 0 Å². The first-order valence-corrected chi connectivity index (χ1v) is 11.7. The van der Waals surface area contributed by atoms with E-state index in [0.29, 0.717) is 10.9 Å². The molecule has 1 fully saturated rings. The Hall–Kier alpha value is -2.13. The van der Waals surface area contributed by atoms with Gasteiger partial charge in [-0.05, 0) is 50.1 Å². The largest absolute Gasteiger partial charge is 0.325 e. The van der Waals surface area contributed by atoms with E-state index in [1.165, 1.54) is 56.6 Å². The summed E-state index contributed by atoms with van der Waals surface area (Å²) < 4.78 is 27.1. The minimum absolute atomic E-state index is 0.00782. The third kappa shape index (κ3) is 5.68. The predicted octanol–water partition coefficient (Wildman–Crippen LogP) is 3.67. The maximum absolute atomic E-state index is 12.4. The van der Waals surface area contributed by atoms with Crippen LogP contribution in [0.5, 0.6) is 0 Å². The maximum Gasteiger partial charge on any atom is 0.264 e. The maximum atomic E-state index is 12.4. The Labute approximate surface area is 169 Å². The highest BCUT2D eigenvalue weighted by Gasteiger charge is 2.22. The Kier molecular flexibility index (Phi) is 6.90.